The van der Waals surface area contributed by atoms with Gasteiger partial charge in [-0.05, 0) is 46.3 Å². The SMILES string of the molecule is COc1ccc([I+]c2ccc(Br)cn2)cc1. The molecule has 0 atom stereocenters. The predicted molar refractivity (Wildman–Crippen MR) is 62.3 cm³/mol. The minimum atomic E-state index is -0.190. The van der Waals surface area contributed by atoms with E-state index in [9.17, 15) is 0 Å². The maximum Gasteiger partial charge on any atom is 0.379 e. The van der Waals surface area contributed by atoms with Gasteiger partial charge in [-0.15, -0.1) is 0 Å². The summed E-state index contributed by atoms with van der Waals surface area (Å²) in [6.45, 7) is 0. The van der Waals surface area contributed by atoms with Crippen LogP contribution in [0, 0.1) is 7.27 Å². The molecule has 1 aromatic heterocycles. The lowest BCUT2D eigenvalue weighted by Gasteiger charge is -1.95. The van der Waals surface area contributed by atoms with Crippen LogP contribution in [0.3, 0.4) is 0 Å². The van der Waals surface area contributed by atoms with Crippen molar-refractivity contribution in [1.82, 2.24) is 4.98 Å². The number of halogens is 2. The van der Waals surface area contributed by atoms with Gasteiger partial charge in [0, 0.05) is 16.7 Å². The summed E-state index contributed by atoms with van der Waals surface area (Å²) in [5.41, 5.74) is 0. The van der Waals surface area contributed by atoms with E-state index in [1.54, 1.807) is 7.11 Å². The number of ether oxygens (including phenoxy) is 1. The largest absolute Gasteiger partial charge is 0.497 e. The summed E-state index contributed by atoms with van der Waals surface area (Å²) < 4.78 is 8.66. The number of rotatable bonds is 3. The molecular formula is C12H10BrINO+. The van der Waals surface area contributed by atoms with Crippen LogP contribution in [0.1, 0.15) is 0 Å². The molecule has 0 bridgehead atoms. The normalized spacial score (nSPS) is 10.1. The van der Waals surface area contributed by atoms with Crippen molar-refractivity contribution >= 4 is 15.9 Å². The summed E-state index contributed by atoms with van der Waals surface area (Å²) in [6.07, 6.45) is 1.85. The second kappa shape index (κ2) is 5.63. The zero-order valence-corrected chi connectivity index (χ0v) is 12.4. The van der Waals surface area contributed by atoms with Crippen molar-refractivity contribution < 1.29 is 25.9 Å². The van der Waals surface area contributed by atoms with E-state index < -0.39 is 0 Å². The molecule has 0 fully saturated rings. The van der Waals surface area contributed by atoms with Gasteiger partial charge in [-0.1, -0.05) is 0 Å². The van der Waals surface area contributed by atoms with E-state index in [1.165, 1.54) is 7.27 Å². The van der Waals surface area contributed by atoms with Crippen LogP contribution in [0.25, 0.3) is 0 Å². The molecule has 16 heavy (non-hydrogen) atoms. The lowest BCUT2D eigenvalue weighted by molar-refractivity contribution is -0.603. The molecule has 0 saturated carbocycles. The van der Waals surface area contributed by atoms with Crippen molar-refractivity contribution in [2.45, 2.75) is 0 Å². The van der Waals surface area contributed by atoms with Crippen LogP contribution in [-0.2, 0) is 0 Å². The minimum absolute atomic E-state index is 0.190. The van der Waals surface area contributed by atoms with Crippen LogP contribution in [0.2, 0.25) is 0 Å². The summed E-state index contributed by atoms with van der Waals surface area (Å²) >= 11 is 3.19. The minimum Gasteiger partial charge on any atom is -0.497 e. The van der Waals surface area contributed by atoms with Gasteiger partial charge in [0.1, 0.15) is 5.75 Å². The van der Waals surface area contributed by atoms with E-state index in [0.29, 0.717) is 0 Å². The fourth-order valence-electron chi connectivity index (χ4n) is 1.16. The van der Waals surface area contributed by atoms with Crippen LogP contribution >= 0.6 is 15.9 Å². The van der Waals surface area contributed by atoms with E-state index in [4.69, 9.17) is 4.74 Å². The highest BCUT2D eigenvalue weighted by Gasteiger charge is 2.16. The van der Waals surface area contributed by atoms with Gasteiger partial charge in [0.2, 0.25) is 0 Å². The molecule has 0 saturated heterocycles. The number of hydrogen-bond acceptors (Lipinski definition) is 2. The molecule has 0 spiro atoms. The summed E-state index contributed by atoms with van der Waals surface area (Å²) in [4.78, 5) is 4.39. The first kappa shape index (κ1) is 11.9. The molecule has 0 aliphatic rings. The first-order chi connectivity index (χ1) is 7.78. The number of benzene rings is 1. The van der Waals surface area contributed by atoms with Gasteiger partial charge in [0.05, 0.1) is 7.11 Å². The Hall–Kier alpha value is -0.620. The third-order valence-corrected chi connectivity index (χ3v) is 4.95. The molecule has 4 heteroatoms. The molecule has 1 heterocycles. The average molecular weight is 391 g/mol. The first-order valence-electron chi connectivity index (χ1n) is 4.68. The van der Waals surface area contributed by atoms with Crippen molar-refractivity contribution in [3.8, 4) is 5.75 Å². The van der Waals surface area contributed by atoms with E-state index in [-0.39, 0.29) is 21.2 Å². The molecule has 0 aliphatic carbocycles. The van der Waals surface area contributed by atoms with Crippen molar-refractivity contribution in [3.05, 3.63) is 54.3 Å². The van der Waals surface area contributed by atoms with Gasteiger partial charge in [-0.2, -0.15) is 0 Å². The topological polar surface area (TPSA) is 22.1 Å². The maximum atomic E-state index is 5.13. The molecule has 0 aliphatic heterocycles. The van der Waals surface area contributed by atoms with Crippen molar-refractivity contribution in [1.29, 1.82) is 0 Å². The van der Waals surface area contributed by atoms with Gasteiger partial charge in [-0.25, -0.2) is 4.98 Å². The van der Waals surface area contributed by atoms with Crippen LogP contribution in [0.15, 0.2) is 47.1 Å². The quantitative estimate of drug-likeness (QED) is 0.543. The van der Waals surface area contributed by atoms with Gasteiger partial charge < -0.3 is 4.74 Å². The second-order valence-corrected chi connectivity index (χ2v) is 6.86. The van der Waals surface area contributed by atoms with E-state index in [2.05, 4.69) is 39.1 Å². The zero-order valence-electron chi connectivity index (χ0n) is 8.65. The third-order valence-electron chi connectivity index (χ3n) is 1.95. The molecule has 1 aromatic carbocycles. The average Bonchev–Trinajstić information content (AvgIpc) is 2.33. The van der Waals surface area contributed by atoms with Gasteiger partial charge >= 0.3 is 21.2 Å². The second-order valence-electron chi connectivity index (χ2n) is 3.05. The number of nitrogens with zero attached hydrogens (tertiary/aromatic N) is 1. The Kier molecular flexibility index (Phi) is 4.17. The smallest absolute Gasteiger partial charge is 0.379 e. The van der Waals surface area contributed by atoms with Crippen LogP contribution in [0.4, 0.5) is 0 Å². The molecule has 2 aromatic rings. The number of aromatic nitrogens is 1. The molecule has 0 N–H and O–H groups in total. The monoisotopic (exact) mass is 390 g/mol. The van der Waals surface area contributed by atoms with E-state index in [1.807, 2.05) is 24.4 Å². The summed E-state index contributed by atoms with van der Waals surface area (Å²) in [7, 11) is 1.68. The molecule has 0 amide bonds. The van der Waals surface area contributed by atoms with Gasteiger partial charge in [0.15, 0.2) is 3.57 Å². The Morgan fingerprint density at radius 3 is 2.44 bits per heavy atom. The van der Waals surface area contributed by atoms with Crippen LogP contribution in [-0.4, -0.2) is 12.1 Å². The number of hydrogen-bond donors (Lipinski definition) is 0. The molecule has 82 valence electrons. The Bertz CT molecular complexity index is 455. The summed E-state index contributed by atoms with van der Waals surface area (Å²) in [6, 6.07) is 12.3. The fourth-order valence-corrected chi connectivity index (χ4v) is 3.39. The standard InChI is InChI=1S/C12H10BrINO/c1-16-11-5-3-10(4-6-11)14-12-7-2-9(13)8-15-12/h2-8H,1H3/q+1. The van der Waals surface area contributed by atoms with Crippen LogP contribution < -0.4 is 25.9 Å². The first-order valence-corrected chi connectivity index (χ1v) is 7.63. The third kappa shape index (κ3) is 3.18. The number of methoxy groups -OCH3 is 1. The van der Waals surface area contributed by atoms with Crippen molar-refractivity contribution in [3.63, 3.8) is 0 Å². The number of pyridine rings is 1. The Balaban J connectivity index is 2.11. The molecule has 2 rings (SSSR count). The van der Waals surface area contributed by atoms with E-state index >= 15 is 0 Å². The van der Waals surface area contributed by atoms with Crippen molar-refractivity contribution in [2.75, 3.05) is 7.11 Å². The van der Waals surface area contributed by atoms with Gasteiger partial charge in [-0.3, -0.25) is 0 Å². The Labute approximate surface area is 113 Å². The van der Waals surface area contributed by atoms with Gasteiger partial charge in [0.25, 0.3) is 3.70 Å². The van der Waals surface area contributed by atoms with Crippen LogP contribution in [0.5, 0.6) is 5.75 Å². The highest BCUT2D eigenvalue weighted by Crippen LogP contribution is 2.06. The molecular weight excluding hydrogens is 381 g/mol. The maximum absolute atomic E-state index is 5.13. The summed E-state index contributed by atoms with van der Waals surface area (Å²) in [5, 5.41) is 0. The molecule has 0 unspecified atom stereocenters. The lowest BCUT2D eigenvalue weighted by Crippen LogP contribution is -3.62. The predicted octanol–water partition coefficient (Wildman–Crippen LogP) is -0.0189. The summed E-state index contributed by atoms with van der Waals surface area (Å²) in [5.74, 6) is 0.900. The van der Waals surface area contributed by atoms with Crippen molar-refractivity contribution in [2.24, 2.45) is 0 Å². The molecule has 0 radical (unpaired) electrons. The zero-order chi connectivity index (χ0) is 11.4. The Morgan fingerprint density at radius 1 is 1.12 bits per heavy atom. The highest BCUT2D eigenvalue weighted by atomic mass is 127. The fraction of sp³-hybridized carbons (Fsp3) is 0.0833. The highest BCUT2D eigenvalue weighted by molar-refractivity contribution is 9.10. The molecule has 2 nitrogen and oxygen atoms in total. The lowest BCUT2D eigenvalue weighted by atomic mass is 10.3. The van der Waals surface area contributed by atoms with E-state index in [0.717, 1.165) is 10.2 Å². The Morgan fingerprint density at radius 2 is 1.88 bits per heavy atom.